The number of ether oxygens (including phenoxy) is 1. The molecule has 1 aliphatic heterocycles. The van der Waals surface area contributed by atoms with Gasteiger partial charge in [0, 0.05) is 24.7 Å². The molecule has 1 fully saturated rings. The van der Waals surface area contributed by atoms with E-state index in [4.69, 9.17) is 4.74 Å². The van der Waals surface area contributed by atoms with Crippen LogP contribution in [0.3, 0.4) is 0 Å². The van der Waals surface area contributed by atoms with E-state index in [9.17, 15) is 14.0 Å². The first kappa shape index (κ1) is 18.3. The molecule has 3 N–H and O–H groups in total. The van der Waals surface area contributed by atoms with E-state index in [0.29, 0.717) is 18.9 Å². The minimum atomic E-state index is -0.430. The third-order valence-electron chi connectivity index (χ3n) is 2.98. The maximum atomic E-state index is 13.0. The van der Waals surface area contributed by atoms with Crippen LogP contribution in [0, 0.1) is 5.82 Å². The summed E-state index contributed by atoms with van der Waals surface area (Å²) < 4.78 is 18.2. The summed E-state index contributed by atoms with van der Waals surface area (Å²) in [5.41, 5.74) is 0.358. The smallest absolute Gasteiger partial charge is 0.243 e. The molecule has 6 nitrogen and oxygen atoms in total. The van der Waals surface area contributed by atoms with E-state index in [1.54, 1.807) is 6.07 Å². The van der Waals surface area contributed by atoms with Crippen LogP contribution >= 0.6 is 12.4 Å². The molecule has 2 rings (SSSR count). The fourth-order valence-corrected chi connectivity index (χ4v) is 2.00. The number of carbonyl (C=O) groups excluding carboxylic acids is 2. The highest BCUT2D eigenvalue weighted by atomic mass is 35.5. The highest BCUT2D eigenvalue weighted by molar-refractivity contribution is 5.94. The molecule has 1 aromatic rings. The van der Waals surface area contributed by atoms with Crippen LogP contribution in [0.2, 0.25) is 0 Å². The number of amides is 2. The molecule has 122 valence electrons. The average molecular weight is 332 g/mol. The summed E-state index contributed by atoms with van der Waals surface area (Å²) in [5, 5.41) is 8.19. The molecule has 1 aromatic carbocycles. The lowest BCUT2D eigenvalue weighted by molar-refractivity contribution is -0.125. The molecule has 0 aromatic heterocycles. The van der Waals surface area contributed by atoms with E-state index in [1.807, 2.05) is 0 Å². The van der Waals surface area contributed by atoms with E-state index in [2.05, 4.69) is 16.0 Å². The lowest BCUT2D eigenvalue weighted by Crippen LogP contribution is -2.45. The number of carbonyl (C=O) groups is 2. The summed E-state index contributed by atoms with van der Waals surface area (Å²) in [6.07, 6.45) is 0.257. The summed E-state index contributed by atoms with van der Waals surface area (Å²) in [6.45, 7) is 1.71. The fourth-order valence-electron chi connectivity index (χ4n) is 2.00. The number of halogens is 2. The molecule has 1 atom stereocenters. The topological polar surface area (TPSA) is 79.5 Å². The van der Waals surface area contributed by atoms with Crippen LogP contribution in [-0.4, -0.2) is 44.2 Å². The quantitative estimate of drug-likeness (QED) is 0.741. The van der Waals surface area contributed by atoms with Gasteiger partial charge in [-0.15, -0.1) is 12.4 Å². The predicted octanol–water partition coefficient (Wildman–Crippen LogP) is 0.681. The minimum absolute atomic E-state index is 0. The SMILES string of the molecule is Cl.O=C(CC1COCCN1)NCC(=O)Nc1cccc(F)c1. The number of benzene rings is 1. The van der Waals surface area contributed by atoms with Crippen molar-refractivity contribution in [1.82, 2.24) is 10.6 Å². The second-order valence-corrected chi connectivity index (χ2v) is 4.77. The van der Waals surface area contributed by atoms with Gasteiger partial charge in [0.25, 0.3) is 0 Å². The molecule has 2 amide bonds. The van der Waals surface area contributed by atoms with Crippen molar-refractivity contribution in [2.24, 2.45) is 0 Å². The van der Waals surface area contributed by atoms with Gasteiger partial charge in [-0.25, -0.2) is 4.39 Å². The lowest BCUT2D eigenvalue weighted by Gasteiger charge is -2.23. The van der Waals surface area contributed by atoms with Gasteiger partial charge in [-0.05, 0) is 18.2 Å². The summed E-state index contributed by atoms with van der Waals surface area (Å²) in [6, 6.07) is 5.55. The van der Waals surface area contributed by atoms with Crippen molar-refractivity contribution < 1.29 is 18.7 Å². The highest BCUT2D eigenvalue weighted by Gasteiger charge is 2.17. The van der Waals surface area contributed by atoms with Gasteiger partial charge in [0.05, 0.1) is 19.8 Å². The zero-order valence-corrected chi connectivity index (χ0v) is 12.7. The summed E-state index contributed by atoms with van der Waals surface area (Å²) in [7, 11) is 0. The van der Waals surface area contributed by atoms with Gasteiger partial charge in [-0.2, -0.15) is 0 Å². The Hall–Kier alpha value is -1.70. The number of rotatable bonds is 5. The van der Waals surface area contributed by atoms with Crippen LogP contribution in [0.5, 0.6) is 0 Å². The highest BCUT2D eigenvalue weighted by Crippen LogP contribution is 2.08. The predicted molar refractivity (Wildman–Crippen MR) is 82.5 cm³/mol. The monoisotopic (exact) mass is 331 g/mol. The first-order chi connectivity index (χ1) is 10.1. The molecule has 0 saturated carbocycles. The lowest BCUT2D eigenvalue weighted by atomic mass is 10.2. The number of hydrogen-bond donors (Lipinski definition) is 3. The van der Waals surface area contributed by atoms with Crippen LogP contribution in [0.1, 0.15) is 6.42 Å². The van der Waals surface area contributed by atoms with Crippen molar-refractivity contribution in [3.63, 3.8) is 0 Å². The zero-order chi connectivity index (χ0) is 15.1. The summed E-state index contributed by atoms with van der Waals surface area (Å²) in [4.78, 5) is 23.3. The van der Waals surface area contributed by atoms with E-state index in [1.165, 1.54) is 18.2 Å². The molecule has 8 heteroatoms. The van der Waals surface area contributed by atoms with Crippen LogP contribution < -0.4 is 16.0 Å². The maximum Gasteiger partial charge on any atom is 0.243 e. The number of anilines is 1. The van der Waals surface area contributed by atoms with Crippen molar-refractivity contribution in [2.75, 3.05) is 31.6 Å². The van der Waals surface area contributed by atoms with Crippen molar-refractivity contribution in [3.05, 3.63) is 30.1 Å². The molecule has 22 heavy (non-hydrogen) atoms. The Morgan fingerprint density at radius 3 is 2.86 bits per heavy atom. The second-order valence-electron chi connectivity index (χ2n) is 4.77. The van der Waals surface area contributed by atoms with Crippen molar-refractivity contribution in [3.8, 4) is 0 Å². The molecule has 0 bridgehead atoms. The number of morpholine rings is 1. The third kappa shape index (κ3) is 6.38. The summed E-state index contributed by atoms with van der Waals surface area (Å²) in [5.74, 6) is -1.06. The molecule has 1 unspecified atom stereocenters. The molecule has 0 radical (unpaired) electrons. The summed E-state index contributed by atoms with van der Waals surface area (Å²) >= 11 is 0. The molecule has 1 saturated heterocycles. The second kappa shape index (κ2) is 9.34. The Labute approximate surface area is 134 Å². The first-order valence-corrected chi connectivity index (χ1v) is 6.77. The van der Waals surface area contributed by atoms with Gasteiger partial charge in [-0.3, -0.25) is 9.59 Å². The standard InChI is InChI=1S/C14H18FN3O3.ClH/c15-10-2-1-3-11(6-10)18-14(20)8-17-13(19)7-12-9-21-5-4-16-12;/h1-3,6,12,16H,4-5,7-9H2,(H,17,19)(H,18,20);1H. The molecular weight excluding hydrogens is 313 g/mol. The van der Waals surface area contributed by atoms with E-state index in [-0.39, 0.29) is 37.3 Å². The van der Waals surface area contributed by atoms with Crippen LogP contribution in [-0.2, 0) is 14.3 Å². The Kier molecular flexibility index (Phi) is 7.79. The van der Waals surface area contributed by atoms with E-state index >= 15 is 0 Å². The minimum Gasteiger partial charge on any atom is -0.378 e. The number of hydrogen-bond acceptors (Lipinski definition) is 4. The maximum absolute atomic E-state index is 13.0. The Bertz CT molecular complexity index is 510. The molecule has 0 spiro atoms. The normalized spacial score (nSPS) is 17.2. The van der Waals surface area contributed by atoms with Crippen LogP contribution in [0.4, 0.5) is 10.1 Å². The van der Waals surface area contributed by atoms with E-state index < -0.39 is 11.7 Å². The van der Waals surface area contributed by atoms with Crippen molar-refractivity contribution in [1.29, 1.82) is 0 Å². The van der Waals surface area contributed by atoms with Crippen molar-refractivity contribution >= 4 is 29.9 Å². The van der Waals surface area contributed by atoms with Gasteiger partial charge >= 0.3 is 0 Å². The van der Waals surface area contributed by atoms with Gasteiger partial charge in [0.15, 0.2) is 0 Å². The molecular formula is C14H19ClFN3O3. The van der Waals surface area contributed by atoms with Gasteiger partial charge in [0.2, 0.25) is 11.8 Å². The first-order valence-electron chi connectivity index (χ1n) is 6.77. The zero-order valence-electron chi connectivity index (χ0n) is 11.9. The fraction of sp³-hybridized carbons (Fsp3) is 0.429. The molecule has 1 heterocycles. The molecule has 1 aliphatic rings. The Morgan fingerprint density at radius 1 is 1.36 bits per heavy atom. The largest absolute Gasteiger partial charge is 0.378 e. The Morgan fingerprint density at radius 2 is 2.18 bits per heavy atom. The van der Waals surface area contributed by atoms with Crippen LogP contribution in [0.15, 0.2) is 24.3 Å². The Balaban J connectivity index is 0.00000242. The third-order valence-corrected chi connectivity index (χ3v) is 2.98. The van der Waals surface area contributed by atoms with Gasteiger partial charge in [0.1, 0.15) is 5.82 Å². The molecule has 0 aliphatic carbocycles. The van der Waals surface area contributed by atoms with Crippen molar-refractivity contribution in [2.45, 2.75) is 12.5 Å². The van der Waals surface area contributed by atoms with E-state index in [0.717, 1.165) is 6.54 Å². The van der Waals surface area contributed by atoms with Crippen LogP contribution in [0.25, 0.3) is 0 Å². The average Bonchev–Trinajstić information content (AvgIpc) is 2.46. The number of nitrogens with one attached hydrogen (secondary N) is 3. The van der Waals surface area contributed by atoms with Gasteiger partial charge < -0.3 is 20.7 Å². The van der Waals surface area contributed by atoms with Gasteiger partial charge in [-0.1, -0.05) is 6.07 Å².